The van der Waals surface area contributed by atoms with Crippen LogP contribution in [0.4, 0.5) is 0 Å². The number of hydrogen-bond donors (Lipinski definition) is 0. The fraction of sp³-hybridized carbons (Fsp3) is 0.713. The summed E-state index contributed by atoms with van der Waals surface area (Å²) in [5.41, 5.74) is 0. The molecule has 0 heterocycles. The minimum atomic E-state index is -1.63. The van der Waals surface area contributed by atoms with Crippen LogP contribution in [-0.4, -0.2) is 82.3 Å². The lowest BCUT2D eigenvalue weighted by molar-refractivity contribution is -0.870. The minimum absolute atomic E-state index is 0.141. The highest BCUT2D eigenvalue weighted by Gasteiger charge is 2.22. The first kappa shape index (κ1) is 84.7. The molecule has 9 heteroatoms. The van der Waals surface area contributed by atoms with Crippen LogP contribution in [0, 0.1) is 0 Å². The van der Waals surface area contributed by atoms with E-state index in [-0.39, 0.29) is 38.6 Å². The maximum Gasteiger partial charge on any atom is 0.306 e. The predicted octanol–water partition coefficient (Wildman–Crippen LogP) is 21.8. The number of rotatable bonds is 67. The predicted molar refractivity (Wildman–Crippen MR) is 380 cm³/mol. The van der Waals surface area contributed by atoms with E-state index in [0.717, 1.165) is 103 Å². The van der Waals surface area contributed by atoms with Crippen molar-refractivity contribution in [3.05, 3.63) is 122 Å². The molecular weight excluding hydrogens is 1100 g/mol. The molecule has 510 valence electrons. The third kappa shape index (κ3) is 71.0. The molecule has 89 heavy (non-hydrogen) atoms. The fourth-order valence-corrected chi connectivity index (χ4v) is 10.1. The summed E-state index contributed by atoms with van der Waals surface area (Å²) in [5.74, 6) is -2.29. The van der Waals surface area contributed by atoms with E-state index >= 15 is 0 Å². The summed E-state index contributed by atoms with van der Waals surface area (Å²) in [4.78, 5) is 37.5. The molecule has 0 aromatic rings. The van der Waals surface area contributed by atoms with Crippen molar-refractivity contribution in [3.8, 4) is 0 Å². The van der Waals surface area contributed by atoms with Crippen LogP contribution in [0.3, 0.4) is 0 Å². The highest BCUT2D eigenvalue weighted by atomic mass is 16.7. The number of carboxylic acid groups (broad SMARTS) is 1. The molecular formula is C80H137NO8. The van der Waals surface area contributed by atoms with Gasteiger partial charge >= 0.3 is 11.9 Å². The van der Waals surface area contributed by atoms with Crippen LogP contribution in [0.15, 0.2) is 122 Å². The Kier molecular flexibility index (Phi) is 66.2. The van der Waals surface area contributed by atoms with Crippen LogP contribution < -0.4 is 5.11 Å². The molecule has 0 aromatic heterocycles. The first-order valence-corrected chi connectivity index (χ1v) is 36.7. The summed E-state index contributed by atoms with van der Waals surface area (Å²) in [5, 5.41) is 11.8. The van der Waals surface area contributed by atoms with E-state index in [1.807, 2.05) is 21.1 Å². The van der Waals surface area contributed by atoms with Gasteiger partial charge in [-0.3, -0.25) is 9.59 Å². The Morgan fingerprint density at radius 1 is 0.348 bits per heavy atom. The summed E-state index contributed by atoms with van der Waals surface area (Å²) in [6.45, 7) is 4.64. The second-order valence-electron chi connectivity index (χ2n) is 25.5. The number of carbonyl (C=O) groups is 3. The van der Waals surface area contributed by atoms with Gasteiger partial charge in [-0.25, -0.2) is 0 Å². The number of carbonyl (C=O) groups excluding carboxylic acids is 3. The molecule has 0 radical (unpaired) electrons. The van der Waals surface area contributed by atoms with Gasteiger partial charge in [0.1, 0.15) is 13.2 Å². The highest BCUT2D eigenvalue weighted by molar-refractivity contribution is 5.70. The highest BCUT2D eigenvalue weighted by Crippen LogP contribution is 2.17. The average molecular weight is 1240 g/mol. The van der Waals surface area contributed by atoms with Gasteiger partial charge in [-0.1, -0.05) is 309 Å². The van der Waals surface area contributed by atoms with Crippen LogP contribution in [0.1, 0.15) is 309 Å². The van der Waals surface area contributed by atoms with E-state index in [4.69, 9.17) is 18.9 Å². The van der Waals surface area contributed by atoms with Gasteiger partial charge in [0.05, 0.1) is 40.3 Å². The van der Waals surface area contributed by atoms with E-state index in [9.17, 15) is 19.5 Å². The van der Waals surface area contributed by atoms with Crippen molar-refractivity contribution >= 4 is 17.9 Å². The van der Waals surface area contributed by atoms with Gasteiger partial charge in [-0.2, -0.15) is 0 Å². The summed E-state index contributed by atoms with van der Waals surface area (Å²) in [7, 11) is 5.93. The van der Waals surface area contributed by atoms with Crippen molar-refractivity contribution in [2.45, 2.75) is 322 Å². The second kappa shape index (κ2) is 69.6. The van der Waals surface area contributed by atoms with Gasteiger partial charge in [-0.15, -0.1) is 0 Å². The fourth-order valence-electron chi connectivity index (χ4n) is 10.1. The summed E-state index contributed by atoms with van der Waals surface area (Å²) in [6, 6.07) is 0. The number of hydrogen-bond acceptors (Lipinski definition) is 8. The summed E-state index contributed by atoms with van der Waals surface area (Å²) >= 11 is 0. The summed E-state index contributed by atoms with van der Waals surface area (Å²) in [6.07, 6.45) is 95.7. The summed E-state index contributed by atoms with van der Waals surface area (Å²) < 4.78 is 22.8. The number of aliphatic carboxylic acids is 1. The smallest absolute Gasteiger partial charge is 0.306 e. The van der Waals surface area contributed by atoms with Crippen LogP contribution >= 0.6 is 0 Å². The van der Waals surface area contributed by atoms with Crippen molar-refractivity contribution in [1.82, 2.24) is 0 Å². The first-order chi connectivity index (χ1) is 43.6. The van der Waals surface area contributed by atoms with E-state index in [1.165, 1.54) is 173 Å². The number of nitrogens with zero attached hydrogens (tertiary/aromatic N) is 1. The zero-order valence-corrected chi connectivity index (χ0v) is 58.3. The Morgan fingerprint density at radius 3 is 0.966 bits per heavy atom. The Bertz CT molecular complexity index is 1880. The van der Waals surface area contributed by atoms with Crippen molar-refractivity contribution in [2.24, 2.45) is 0 Å². The third-order valence-electron chi connectivity index (χ3n) is 15.7. The molecule has 0 N–H and O–H groups in total. The van der Waals surface area contributed by atoms with Crippen molar-refractivity contribution < 1.29 is 42.9 Å². The van der Waals surface area contributed by atoms with E-state index < -0.39 is 24.3 Å². The molecule has 0 amide bonds. The molecule has 2 atom stereocenters. The Labute approximate surface area is 548 Å². The average Bonchev–Trinajstić information content (AvgIpc) is 3.64. The normalized spacial score (nSPS) is 13.4. The van der Waals surface area contributed by atoms with E-state index in [2.05, 4.69) is 135 Å². The molecule has 0 saturated carbocycles. The lowest BCUT2D eigenvalue weighted by Crippen LogP contribution is -2.44. The third-order valence-corrected chi connectivity index (χ3v) is 15.7. The largest absolute Gasteiger partial charge is 0.545 e. The van der Waals surface area contributed by atoms with Gasteiger partial charge in [0.25, 0.3) is 0 Å². The monoisotopic (exact) mass is 1240 g/mol. The molecule has 2 unspecified atom stereocenters. The molecule has 0 spiro atoms. The number of carboxylic acids is 1. The standard InChI is InChI=1S/C80H137NO8/c1-6-8-10-12-14-16-18-20-22-24-26-28-30-32-34-36-37-38-39-40-41-43-45-47-49-51-53-55-57-59-61-63-65-67-69-71-78(83)89-76(75-88-80(79(84)85)86-73-72-81(3,4)5)74-87-77(82)70-68-66-64-62-60-58-56-54-52-50-48-46-44-42-35-33-31-29-27-25-23-21-19-17-15-13-11-9-7-2/h8,10,14,16,20,22,25-28,32,34,37-38,40-41,45,47,51,53,76,80H,6-7,9,11-13,15,17-19,21,23-24,29-31,33,35-36,39,42-44,46,48-50,52,54-75H2,1-5H3/b10-8-,16-14-,22-20-,27-25-,28-26-,34-32-,38-37-,41-40-,47-45-,53-51-. The number of unbranched alkanes of at least 4 members (excludes halogenated alkanes) is 32. The van der Waals surface area contributed by atoms with Gasteiger partial charge in [0.15, 0.2) is 12.4 Å². The number of allylic oxidation sites excluding steroid dienone is 20. The topological polar surface area (TPSA) is 111 Å². The molecule has 0 aromatic carbocycles. The van der Waals surface area contributed by atoms with Crippen molar-refractivity contribution in [1.29, 1.82) is 0 Å². The SMILES string of the molecule is CC/C=C\C/C=C\C/C=C\C/C=C\C/C=C\C/C=C\C/C=C\C/C=C\C/C=C\CCCCCCCCCC(=O)OC(COC(=O)CCCCCCCCCCCCCCCCCCC/C=C\CCCCCCCCCC)COC(OCC[N+](C)(C)C)C(=O)[O-]. The van der Waals surface area contributed by atoms with Crippen molar-refractivity contribution in [2.75, 3.05) is 47.5 Å². The Hall–Kier alpha value is -4.31. The number of ether oxygens (including phenoxy) is 4. The minimum Gasteiger partial charge on any atom is -0.545 e. The van der Waals surface area contributed by atoms with E-state index in [1.54, 1.807) is 0 Å². The molecule has 0 fully saturated rings. The van der Waals surface area contributed by atoms with Crippen molar-refractivity contribution in [3.63, 3.8) is 0 Å². The maximum absolute atomic E-state index is 12.9. The molecule has 0 bridgehead atoms. The lowest BCUT2D eigenvalue weighted by atomic mass is 10.0. The molecule has 0 rings (SSSR count). The molecule has 0 aliphatic heterocycles. The van der Waals surface area contributed by atoms with Crippen LogP contribution in [0.25, 0.3) is 0 Å². The second-order valence-corrected chi connectivity index (χ2v) is 25.5. The van der Waals surface area contributed by atoms with Gasteiger partial charge in [0, 0.05) is 12.8 Å². The zero-order chi connectivity index (χ0) is 64.7. The molecule has 0 saturated heterocycles. The Balaban J connectivity index is 4.16. The number of esters is 2. The van der Waals surface area contributed by atoms with Crippen LogP contribution in [0.2, 0.25) is 0 Å². The molecule has 0 aliphatic carbocycles. The van der Waals surface area contributed by atoms with Gasteiger partial charge in [0.2, 0.25) is 0 Å². The molecule has 0 aliphatic rings. The van der Waals surface area contributed by atoms with Crippen LogP contribution in [-0.2, 0) is 33.3 Å². The van der Waals surface area contributed by atoms with Crippen LogP contribution in [0.5, 0.6) is 0 Å². The zero-order valence-electron chi connectivity index (χ0n) is 58.3. The number of quaternary nitrogens is 1. The first-order valence-electron chi connectivity index (χ1n) is 36.7. The molecule has 9 nitrogen and oxygen atoms in total. The number of likely N-dealkylation sites (N-methyl/N-ethyl adjacent to an activating group) is 1. The maximum atomic E-state index is 12.9. The Morgan fingerprint density at radius 2 is 0.640 bits per heavy atom. The quantitative estimate of drug-likeness (QED) is 0.0195. The van der Waals surface area contributed by atoms with Gasteiger partial charge < -0.3 is 33.3 Å². The van der Waals surface area contributed by atoms with E-state index in [0.29, 0.717) is 17.4 Å². The lowest BCUT2D eigenvalue weighted by Gasteiger charge is -2.26. The van der Waals surface area contributed by atoms with Gasteiger partial charge in [-0.05, 0) is 109 Å².